The first-order valence-corrected chi connectivity index (χ1v) is 12.1. The molecule has 1 unspecified atom stereocenters. The number of aliphatic imine (C=N–C) groups is 1. The molecule has 1 rings (SSSR count). The lowest BCUT2D eigenvalue weighted by atomic mass is 10.1. The van der Waals surface area contributed by atoms with E-state index >= 15 is 0 Å². The molecule has 0 aromatic heterocycles. The van der Waals surface area contributed by atoms with Gasteiger partial charge in [0, 0.05) is 12.1 Å². The number of nitrogens with one attached hydrogen (secondary N) is 2. The summed E-state index contributed by atoms with van der Waals surface area (Å²) in [5.74, 6) is -2.38. The van der Waals surface area contributed by atoms with E-state index in [-0.39, 0.29) is 37.3 Å². The number of hydrogen-bond acceptors (Lipinski definition) is 8. The molecular formula is C26H40N4O6. The van der Waals surface area contributed by atoms with Gasteiger partial charge in [-0.25, -0.2) is 4.79 Å². The molecule has 0 fully saturated rings. The number of amides is 2. The van der Waals surface area contributed by atoms with Crippen LogP contribution in [0.5, 0.6) is 0 Å². The highest BCUT2D eigenvalue weighted by molar-refractivity contribution is 6.22. The number of ether oxygens (including phenoxy) is 2. The van der Waals surface area contributed by atoms with E-state index in [2.05, 4.69) is 29.5 Å². The molecule has 1 atom stereocenters. The first-order chi connectivity index (χ1) is 17.1. The van der Waals surface area contributed by atoms with Crippen molar-refractivity contribution in [1.82, 2.24) is 10.6 Å². The predicted octanol–water partition coefficient (Wildman–Crippen LogP) is 2.94. The average molecular weight is 505 g/mol. The molecule has 4 N–H and O–H groups in total. The standard InChI is InChI=1S/C23H32N4O6.C3H8/c1-5-32-20(29)13-12-18(23(31)33-6-2)27-19(28)14-25-22(30)21(15(3)24)16(4)26-17-10-8-7-9-11-17;1-3-2/h7-11,18H,5-6,12-14,24H2,1-4H3,(H,25,30)(H,27,28);3H2,1-2H3/b21-15+,26-16?;. The number of rotatable bonds is 12. The van der Waals surface area contributed by atoms with Crippen LogP contribution in [-0.2, 0) is 28.7 Å². The zero-order chi connectivity index (χ0) is 27.5. The van der Waals surface area contributed by atoms with Crippen molar-refractivity contribution >= 4 is 35.2 Å². The van der Waals surface area contributed by atoms with Crippen LogP contribution < -0.4 is 16.4 Å². The van der Waals surface area contributed by atoms with Crippen LogP contribution in [0.15, 0.2) is 46.6 Å². The summed E-state index contributed by atoms with van der Waals surface area (Å²) >= 11 is 0. The largest absolute Gasteiger partial charge is 0.466 e. The summed E-state index contributed by atoms with van der Waals surface area (Å²) < 4.78 is 9.79. The molecule has 0 saturated heterocycles. The summed E-state index contributed by atoms with van der Waals surface area (Å²) in [6.45, 7) is 10.7. The van der Waals surface area contributed by atoms with E-state index in [0.29, 0.717) is 11.4 Å². The third kappa shape index (κ3) is 13.3. The maximum Gasteiger partial charge on any atom is 0.328 e. The summed E-state index contributed by atoms with van der Waals surface area (Å²) in [6.07, 6.45) is 1.19. The minimum atomic E-state index is -1.05. The lowest BCUT2D eigenvalue weighted by Gasteiger charge is -2.17. The van der Waals surface area contributed by atoms with E-state index in [9.17, 15) is 19.2 Å². The number of carbonyl (C=O) groups is 4. The van der Waals surface area contributed by atoms with Crippen molar-refractivity contribution < 1.29 is 28.7 Å². The van der Waals surface area contributed by atoms with Gasteiger partial charge in [0.25, 0.3) is 5.91 Å². The highest BCUT2D eigenvalue weighted by Gasteiger charge is 2.24. The smallest absolute Gasteiger partial charge is 0.328 e. The number of para-hydroxylation sites is 1. The van der Waals surface area contributed by atoms with Crippen LogP contribution in [0.4, 0.5) is 5.69 Å². The van der Waals surface area contributed by atoms with Gasteiger partial charge < -0.3 is 25.8 Å². The number of esters is 2. The van der Waals surface area contributed by atoms with Crippen molar-refractivity contribution in [2.24, 2.45) is 10.7 Å². The third-order valence-corrected chi connectivity index (χ3v) is 4.29. The van der Waals surface area contributed by atoms with Gasteiger partial charge in [-0.2, -0.15) is 0 Å². The molecule has 0 aliphatic carbocycles. The average Bonchev–Trinajstić information content (AvgIpc) is 2.81. The Morgan fingerprint density at radius 1 is 0.972 bits per heavy atom. The second-order valence-electron chi connectivity index (χ2n) is 7.70. The summed E-state index contributed by atoms with van der Waals surface area (Å²) in [6, 6.07) is 8.00. The molecule has 10 nitrogen and oxygen atoms in total. The molecule has 0 radical (unpaired) electrons. The Hall–Kier alpha value is -3.69. The number of allylic oxidation sites excluding steroid dienone is 1. The molecule has 0 heterocycles. The van der Waals surface area contributed by atoms with E-state index in [0.717, 1.165) is 0 Å². The van der Waals surface area contributed by atoms with Gasteiger partial charge in [-0.1, -0.05) is 38.5 Å². The first-order valence-electron chi connectivity index (χ1n) is 12.1. The first kappa shape index (κ1) is 32.3. The van der Waals surface area contributed by atoms with E-state index in [1.807, 2.05) is 18.2 Å². The Balaban J connectivity index is 0.00000387. The van der Waals surface area contributed by atoms with Gasteiger partial charge in [0.15, 0.2) is 0 Å². The number of hydrogen-bond donors (Lipinski definition) is 3. The van der Waals surface area contributed by atoms with Crippen LogP contribution in [0.25, 0.3) is 0 Å². The molecule has 1 aromatic carbocycles. The van der Waals surface area contributed by atoms with E-state index in [4.69, 9.17) is 15.2 Å². The lowest BCUT2D eigenvalue weighted by Crippen LogP contribution is -2.47. The Bertz CT molecular complexity index is 908. The van der Waals surface area contributed by atoms with Crippen molar-refractivity contribution in [3.63, 3.8) is 0 Å². The highest BCUT2D eigenvalue weighted by atomic mass is 16.5. The fraction of sp³-hybridized carbons (Fsp3) is 0.500. The Kier molecular flexibility index (Phi) is 16.7. The van der Waals surface area contributed by atoms with E-state index < -0.39 is 36.3 Å². The molecule has 36 heavy (non-hydrogen) atoms. The van der Waals surface area contributed by atoms with Crippen LogP contribution in [0.3, 0.4) is 0 Å². The third-order valence-electron chi connectivity index (χ3n) is 4.29. The topological polar surface area (TPSA) is 149 Å². The molecule has 200 valence electrons. The second kappa shape index (κ2) is 18.6. The van der Waals surface area contributed by atoms with Gasteiger partial charge in [0.05, 0.1) is 36.7 Å². The van der Waals surface area contributed by atoms with Gasteiger partial charge in [0.1, 0.15) is 6.04 Å². The van der Waals surface area contributed by atoms with Crippen LogP contribution in [0, 0.1) is 0 Å². The van der Waals surface area contributed by atoms with Gasteiger partial charge in [-0.15, -0.1) is 0 Å². The molecule has 0 spiro atoms. The Morgan fingerprint density at radius 3 is 2.08 bits per heavy atom. The summed E-state index contributed by atoms with van der Waals surface area (Å²) in [7, 11) is 0. The van der Waals surface area contributed by atoms with Crippen LogP contribution >= 0.6 is 0 Å². The maximum atomic E-state index is 12.7. The highest BCUT2D eigenvalue weighted by Crippen LogP contribution is 2.14. The van der Waals surface area contributed by atoms with Gasteiger partial charge in [-0.3, -0.25) is 19.4 Å². The second-order valence-corrected chi connectivity index (χ2v) is 7.70. The maximum absolute atomic E-state index is 12.7. The van der Waals surface area contributed by atoms with E-state index in [1.165, 1.54) is 6.42 Å². The molecule has 10 heteroatoms. The van der Waals surface area contributed by atoms with Crippen LogP contribution in [-0.4, -0.2) is 55.3 Å². The van der Waals surface area contributed by atoms with Crippen molar-refractivity contribution in [1.29, 1.82) is 0 Å². The molecule has 0 saturated carbocycles. The molecule has 1 aromatic rings. The van der Waals surface area contributed by atoms with E-state index in [1.54, 1.807) is 39.8 Å². The SMILES string of the molecule is CCC.CCOC(=O)CCC(NC(=O)CNC(=O)/C(C(C)=Nc1ccccc1)=C(\C)N)C(=O)OCC. The predicted molar refractivity (Wildman–Crippen MR) is 140 cm³/mol. The fourth-order valence-electron chi connectivity index (χ4n) is 2.86. The van der Waals surface area contributed by atoms with Crippen LogP contribution in [0.1, 0.15) is 60.8 Å². The zero-order valence-electron chi connectivity index (χ0n) is 22.2. The van der Waals surface area contributed by atoms with Crippen molar-refractivity contribution in [3.05, 3.63) is 41.6 Å². The lowest BCUT2D eigenvalue weighted by molar-refractivity contribution is -0.148. The molecule has 2 amide bonds. The monoisotopic (exact) mass is 504 g/mol. The van der Waals surface area contributed by atoms with Gasteiger partial charge >= 0.3 is 11.9 Å². The number of nitrogens with two attached hydrogens (primary N) is 1. The zero-order valence-corrected chi connectivity index (χ0v) is 22.2. The Labute approximate surface area is 213 Å². The molecule has 0 bridgehead atoms. The minimum Gasteiger partial charge on any atom is -0.466 e. The minimum absolute atomic E-state index is 0.00720. The van der Waals surface area contributed by atoms with Gasteiger partial charge in [0.2, 0.25) is 5.91 Å². The number of benzene rings is 1. The van der Waals surface area contributed by atoms with Gasteiger partial charge in [-0.05, 0) is 46.2 Å². The van der Waals surface area contributed by atoms with Crippen LogP contribution in [0.2, 0.25) is 0 Å². The summed E-state index contributed by atoms with van der Waals surface area (Å²) in [5.41, 5.74) is 7.30. The quantitative estimate of drug-likeness (QED) is 0.225. The molecule has 0 aliphatic rings. The number of carbonyl (C=O) groups excluding carboxylic acids is 4. The molecular weight excluding hydrogens is 464 g/mol. The fourth-order valence-corrected chi connectivity index (χ4v) is 2.86. The Morgan fingerprint density at radius 2 is 1.56 bits per heavy atom. The summed E-state index contributed by atoms with van der Waals surface area (Å²) in [4.78, 5) is 53.1. The normalized spacial score (nSPS) is 12.2. The number of nitrogens with zero attached hydrogens (tertiary/aromatic N) is 1. The van der Waals surface area contributed by atoms with Crippen molar-refractivity contribution in [2.45, 2.75) is 66.8 Å². The summed E-state index contributed by atoms with van der Waals surface area (Å²) in [5, 5.41) is 4.96. The van der Waals surface area contributed by atoms with Crippen molar-refractivity contribution in [3.8, 4) is 0 Å². The molecule has 0 aliphatic heterocycles. The van der Waals surface area contributed by atoms with Crippen molar-refractivity contribution in [2.75, 3.05) is 19.8 Å².